The van der Waals surface area contributed by atoms with Crippen molar-refractivity contribution in [1.29, 1.82) is 0 Å². The van der Waals surface area contributed by atoms with Crippen molar-refractivity contribution in [2.24, 2.45) is 0 Å². The molecule has 0 saturated carbocycles. The Morgan fingerprint density at radius 3 is 2.27 bits per heavy atom. The molecule has 0 aliphatic carbocycles. The maximum atomic E-state index is 5.85. The Balaban J connectivity index is 3.09. The van der Waals surface area contributed by atoms with Gasteiger partial charge in [0.1, 0.15) is 0 Å². The van der Waals surface area contributed by atoms with E-state index in [0.29, 0.717) is 10.0 Å². The summed E-state index contributed by atoms with van der Waals surface area (Å²) in [4.78, 5) is 0.868. The molecule has 0 nitrogen and oxygen atoms in total. The zero-order valence-electron chi connectivity index (χ0n) is 5.25. The molecule has 11 heavy (non-hydrogen) atoms. The van der Waals surface area contributed by atoms with E-state index in [1.54, 1.807) is 12.1 Å². The fraction of sp³-hybridized carbons (Fsp3) is 0. The topological polar surface area (TPSA) is 0 Å². The van der Waals surface area contributed by atoms with Crippen LogP contribution >= 0.6 is 41.1 Å². The van der Waals surface area contributed by atoms with Gasteiger partial charge in [-0.3, -0.25) is 0 Å². The standard InChI is InChI=1S/C6H3Cl2PS2/c7-4-2-1-3-5(8)6(4)11-9-10/h1-3H. The monoisotopic (exact) mass is 240 g/mol. The molecule has 0 bridgehead atoms. The molecule has 1 aromatic rings. The molecule has 0 fully saturated rings. The van der Waals surface area contributed by atoms with Crippen LogP contribution in [0.1, 0.15) is 0 Å². The molecule has 0 aromatic heterocycles. The molecular formula is C6H3Cl2PS2. The lowest BCUT2D eigenvalue weighted by Crippen LogP contribution is -1.71. The third-order valence-electron chi connectivity index (χ3n) is 1.05. The number of halogens is 2. The highest BCUT2D eigenvalue weighted by atomic mass is 35.5. The largest absolute Gasteiger partial charge is 0.0830 e. The van der Waals surface area contributed by atoms with Gasteiger partial charge >= 0.3 is 0 Å². The van der Waals surface area contributed by atoms with Crippen LogP contribution in [0, 0.1) is 0 Å². The number of hydrogen-bond acceptors (Lipinski definition) is 2. The van der Waals surface area contributed by atoms with Crippen molar-refractivity contribution in [2.45, 2.75) is 4.90 Å². The van der Waals surface area contributed by atoms with E-state index in [4.69, 9.17) is 35.0 Å². The van der Waals surface area contributed by atoms with E-state index < -0.39 is 0 Å². The SMILES string of the molecule is S=PSc1c(Cl)cccc1Cl. The van der Waals surface area contributed by atoms with Gasteiger partial charge in [-0.15, -0.1) is 0 Å². The second-order valence-corrected chi connectivity index (χ2v) is 5.61. The molecule has 1 aromatic carbocycles. The van der Waals surface area contributed by atoms with E-state index in [1.165, 1.54) is 11.4 Å². The molecule has 0 saturated heterocycles. The minimum absolute atomic E-state index is 0.667. The zero-order valence-corrected chi connectivity index (χ0v) is 9.29. The van der Waals surface area contributed by atoms with E-state index in [9.17, 15) is 0 Å². The Morgan fingerprint density at radius 2 is 1.82 bits per heavy atom. The average molecular weight is 241 g/mol. The lowest BCUT2D eigenvalue weighted by molar-refractivity contribution is 1.47. The van der Waals surface area contributed by atoms with Gasteiger partial charge in [-0.1, -0.05) is 40.6 Å². The van der Waals surface area contributed by atoms with Crippen LogP contribution in [0.3, 0.4) is 0 Å². The molecular weight excluding hydrogens is 238 g/mol. The molecule has 0 aliphatic heterocycles. The third kappa shape index (κ3) is 2.57. The number of rotatable bonds is 2. The Hall–Kier alpha value is 0.670. The summed E-state index contributed by atoms with van der Waals surface area (Å²) in [5, 5.41) is 1.33. The lowest BCUT2D eigenvalue weighted by atomic mass is 10.4. The van der Waals surface area contributed by atoms with Gasteiger partial charge in [0.05, 0.1) is 14.9 Å². The molecule has 5 heteroatoms. The van der Waals surface area contributed by atoms with Crippen LogP contribution in [0.2, 0.25) is 10.0 Å². The van der Waals surface area contributed by atoms with Gasteiger partial charge in [0.15, 0.2) is 0 Å². The van der Waals surface area contributed by atoms with Crippen LogP contribution in [0.25, 0.3) is 0 Å². The average Bonchev–Trinajstić information content (AvgIpc) is 1.97. The molecule has 0 N–H and O–H groups in total. The van der Waals surface area contributed by atoms with Gasteiger partial charge in [-0.25, -0.2) is 0 Å². The smallest absolute Gasteiger partial charge is 0.0564 e. The lowest BCUT2D eigenvalue weighted by Gasteiger charge is -1.99. The molecule has 0 aliphatic rings. The summed E-state index contributed by atoms with van der Waals surface area (Å²) in [5.41, 5.74) is 0. The summed E-state index contributed by atoms with van der Waals surface area (Å²) in [6, 6.07) is 5.42. The Kier molecular flexibility index (Phi) is 4.11. The molecule has 1 rings (SSSR count). The first-order valence-electron chi connectivity index (χ1n) is 2.69. The van der Waals surface area contributed by atoms with Crippen molar-refractivity contribution < 1.29 is 0 Å². The van der Waals surface area contributed by atoms with E-state index >= 15 is 0 Å². The first-order chi connectivity index (χ1) is 5.25. The van der Waals surface area contributed by atoms with Crippen molar-refractivity contribution in [3.05, 3.63) is 28.2 Å². The first-order valence-corrected chi connectivity index (χ1v) is 6.78. The molecule has 0 heterocycles. The minimum Gasteiger partial charge on any atom is -0.0830 e. The summed E-state index contributed by atoms with van der Waals surface area (Å²) >= 11 is 17.9. The summed E-state index contributed by atoms with van der Waals surface area (Å²) < 4.78 is 0. The van der Waals surface area contributed by atoms with E-state index in [0.717, 1.165) is 11.5 Å². The van der Waals surface area contributed by atoms with Gasteiger partial charge in [-0.2, -0.15) is 0 Å². The van der Waals surface area contributed by atoms with Gasteiger partial charge in [0, 0.05) is 6.56 Å². The van der Waals surface area contributed by atoms with E-state index in [2.05, 4.69) is 0 Å². The Bertz CT molecular complexity index is 257. The molecule has 0 amide bonds. The molecule has 0 spiro atoms. The quantitative estimate of drug-likeness (QED) is 0.703. The molecule has 0 unspecified atom stereocenters. The predicted octanol–water partition coefficient (Wildman–Crippen LogP) is 4.41. The van der Waals surface area contributed by atoms with Crippen molar-refractivity contribution in [2.75, 3.05) is 0 Å². The second kappa shape index (κ2) is 4.64. The van der Waals surface area contributed by atoms with Crippen molar-refractivity contribution in [1.82, 2.24) is 0 Å². The van der Waals surface area contributed by atoms with Gasteiger partial charge < -0.3 is 0 Å². The molecule has 0 radical (unpaired) electrons. The minimum atomic E-state index is 0.667. The molecule has 0 atom stereocenters. The number of hydrogen-bond donors (Lipinski definition) is 0. The summed E-state index contributed by atoms with van der Waals surface area (Å²) in [6.07, 6.45) is 0. The normalized spacial score (nSPS) is 10.4. The fourth-order valence-electron chi connectivity index (χ4n) is 0.607. The Labute approximate surface area is 85.9 Å². The van der Waals surface area contributed by atoms with Crippen molar-refractivity contribution in [3.63, 3.8) is 0 Å². The van der Waals surface area contributed by atoms with Crippen LogP contribution in [0.5, 0.6) is 0 Å². The maximum absolute atomic E-state index is 5.85. The first kappa shape index (κ1) is 9.76. The second-order valence-electron chi connectivity index (χ2n) is 1.72. The van der Waals surface area contributed by atoms with E-state index in [-0.39, 0.29) is 0 Å². The van der Waals surface area contributed by atoms with Crippen LogP contribution in [0.4, 0.5) is 0 Å². The summed E-state index contributed by atoms with van der Waals surface area (Å²) in [7, 11) is 0. The highest BCUT2D eigenvalue weighted by molar-refractivity contribution is 8.58. The van der Waals surface area contributed by atoms with Crippen molar-refractivity contribution >= 4 is 52.9 Å². The van der Waals surface area contributed by atoms with Crippen molar-refractivity contribution in [3.8, 4) is 0 Å². The Morgan fingerprint density at radius 1 is 1.27 bits per heavy atom. The van der Waals surface area contributed by atoms with Gasteiger partial charge in [0.2, 0.25) is 0 Å². The highest BCUT2D eigenvalue weighted by Crippen LogP contribution is 2.39. The molecule has 58 valence electrons. The predicted molar refractivity (Wildman–Crippen MR) is 56.6 cm³/mol. The zero-order chi connectivity index (χ0) is 8.27. The van der Waals surface area contributed by atoms with Gasteiger partial charge in [-0.05, 0) is 23.9 Å². The van der Waals surface area contributed by atoms with E-state index in [1.807, 2.05) is 6.07 Å². The van der Waals surface area contributed by atoms with Crippen LogP contribution in [0.15, 0.2) is 23.1 Å². The summed E-state index contributed by atoms with van der Waals surface area (Å²) in [6.45, 7) is 0.787. The highest BCUT2D eigenvalue weighted by Gasteiger charge is 2.03. The summed E-state index contributed by atoms with van der Waals surface area (Å²) in [5.74, 6) is 0. The van der Waals surface area contributed by atoms with Gasteiger partial charge in [0.25, 0.3) is 0 Å². The third-order valence-corrected chi connectivity index (χ3v) is 4.04. The fourth-order valence-corrected chi connectivity index (χ4v) is 3.43. The van der Waals surface area contributed by atoms with Crippen LogP contribution < -0.4 is 0 Å². The number of benzene rings is 1. The van der Waals surface area contributed by atoms with Crippen LogP contribution in [-0.2, 0) is 11.8 Å². The van der Waals surface area contributed by atoms with Crippen LogP contribution in [-0.4, -0.2) is 0 Å². The maximum Gasteiger partial charge on any atom is 0.0564 e.